The number of rotatable bonds is 8. The average Bonchev–Trinajstić information content (AvgIpc) is 2.10. The van der Waals surface area contributed by atoms with E-state index in [1.807, 2.05) is 0 Å². The van der Waals surface area contributed by atoms with Crippen LogP contribution in [-0.2, 0) is 4.79 Å². The van der Waals surface area contributed by atoms with Crippen LogP contribution in [-0.4, -0.2) is 11.9 Å². The normalized spacial score (nSPS) is 12.8. The molecule has 0 aliphatic rings. The predicted octanol–water partition coefficient (Wildman–Crippen LogP) is 1.55. The molecular formula is C10H22N2O. The summed E-state index contributed by atoms with van der Waals surface area (Å²) in [6.45, 7) is 2.20. The Morgan fingerprint density at radius 3 is 2.23 bits per heavy atom. The van der Waals surface area contributed by atoms with Gasteiger partial charge in [-0.1, -0.05) is 45.4 Å². The quantitative estimate of drug-likeness (QED) is 0.565. The van der Waals surface area contributed by atoms with Crippen LogP contribution in [0, 0.1) is 0 Å². The van der Waals surface area contributed by atoms with Gasteiger partial charge in [-0.3, -0.25) is 4.79 Å². The lowest BCUT2D eigenvalue weighted by molar-refractivity contribution is -0.119. The van der Waals surface area contributed by atoms with Gasteiger partial charge < -0.3 is 11.5 Å². The van der Waals surface area contributed by atoms with Crippen molar-refractivity contribution in [2.75, 3.05) is 0 Å². The number of unbranched alkanes of at least 4 members (excludes halogenated alkanes) is 5. The fourth-order valence-corrected chi connectivity index (χ4v) is 1.29. The second-order valence-corrected chi connectivity index (χ2v) is 3.57. The molecule has 0 aromatic heterocycles. The smallest absolute Gasteiger partial charge is 0.234 e. The Morgan fingerprint density at radius 1 is 1.15 bits per heavy atom. The largest absolute Gasteiger partial charge is 0.368 e. The molecule has 0 aliphatic heterocycles. The number of carbonyl (C=O) groups is 1. The molecule has 0 saturated heterocycles. The highest BCUT2D eigenvalue weighted by atomic mass is 16.1. The molecule has 3 heteroatoms. The second kappa shape index (κ2) is 8.05. The van der Waals surface area contributed by atoms with Crippen LogP contribution in [0.4, 0.5) is 0 Å². The molecule has 0 saturated carbocycles. The number of carbonyl (C=O) groups excluding carboxylic acids is 1. The van der Waals surface area contributed by atoms with Crippen LogP contribution in [0.1, 0.15) is 51.9 Å². The Kier molecular flexibility index (Phi) is 7.69. The first-order valence-electron chi connectivity index (χ1n) is 5.23. The highest BCUT2D eigenvalue weighted by Gasteiger charge is 2.07. The van der Waals surface area contributed by atoms with Gasteiger partial charge in [-0.2, -0.15) is 0 Å². The third-order valence-corrected chi connectivity index (χ3v) is 2.23. The SMILES string of the molecule is CCCCCCCCC(N)C(N)=O. The van der Waals surface area contributed by atoms with Crippen molar-refractivity contribution in [3.63, 3.8) is 0 Å². The summed E-state index contributed by atoms with van der Waals surface area (Å²) in [5, 5.41) is 0. The maximum atomic E-state index is 10.6. The minimum absolute atomic E-state index is 0.381. The lowest BCUT2D eigenvalue weighted by Crippen LogP contribution is -2.36. The molecule has 3 nitrogen and oxygen atoms in total. The summed E-state index contributed by atoms with van der Waals surface area (Å²) < 4.78 is 0. The van der Waals surface area contributed by atoms with Gasteiger partial charge in [0.25, 0.3) is 0 Å². The maximum Gasteiger partial charge on any atom is 0.234 e. The van der Waals surface area contributed by atoms with Crippen LogP contribution in [0.15, 0.2) is 0 Å². The van der Waals surface area contributed by atoms with E-state index in [0.717, 1.165) is 12.8 Å². The molecule has 78 valence electrons. The van der Waals surface area contributed by atoms with Crippen LogP contribution in [0.3, 0.4) is 0 Å². The number of primary amides is 1. The van der Waals surface area contributed by atoms with E-state index >= 15 is 0 Å². The third-order valence-electron chi connectivity index (χ3n) is 2.23. The van der Waals surface area contributed by atoms with Gasteiger partial charge in [0.2, 0.25) is 5.91 Å². The molecule has 1 amide bonds. The molecule has 0 fully saturated rings. The van der Waals surface area contributed by atoms with Gasteiger partial charge in [0, 0.05) is 0 Å². The Morgan fingerprint density at radius 2 is 1.69 bits per heavy atom. The van der Waals surface area contributed by atoms with Crippen LogP contribution in [0.25, 0.3) is 0 Å². The van der Waals surface area contributed by atoms with Crippen molar-refractivity contribution >= 4 is 5.91 Å². The summed E-state index contributed by atoms with van der Waals surface area (Å²) in [6.07, 6.45) is 8.04. The first kappa shape index (κ1) is 12.4. The highest BCUT2D eigenvalue weighted by molar-refractivity contribution is 5.79. The van der Waals surface area contributed by atoms with Crippen LogP contribution >= 0.6 is 0 Å². The Balaban J connectivity index is 3.11. The van der Waals surface area contributed by atoms with E-state index in [9.17, 15) is 4.79 Å². The molecule has 0 spiro atoms. The summed E-state index contributed by atoms with van der Waals surface area (Å²) >= 11 is 0. The minimum atomic E-state index is -0.439. The van der Waals surface area contributed by atoms with Crippen molar-refractivity contribution in [1.82, 2.24) is 0 Å². The highest BCUT2D eigenvalue weighted by Crippen LogP contribution is 2.07. The first-order chi connectivity index (χ1) is 6.18. The monoisotopic (exact) mass is 186 g/mol. The molecule has 0 heterocycles. The van der Waals surface area contributed by atoms with Gasteiger partial charge in [-0.15, -0.1) is 0 Å². The lowest BCUT2D eigenvalue weighted by Gasteiger charge is -2.06. The topological polar surface area (TPSA) is 69.1 Å². The van der Waals surface area contributed by atoms with E-state index in [4.69, 9.17) is 11.5 Å². The number of hydrogen-bond donors (Lipinski definition) is 2. The van der Waals surface area contributed by atoms with Crippen LogP contribution in [0.2, 0.25) is 0 Å². The predicted molar refractivity (Wildman–Crippen MR) is 55.2 cm³/mol. The zero-order chi connectivity index (χ0) is 10.1. The summed E-state index contributed by atoms with van der Waals surface area (Å²) in [5.41, 5.74) is 10.5. The Bertz CT molecular complexity index is 137. The third kappa shape index (κ3) is 7.78. The summed E-state index contributed by atoms with van der Waals surface area (Å²) in [4.78, 5) is 10.6. The number of nitrogens with two attached hydrogens (primary N) is 2. The lowest BCUT2D eigenvalue weighted by atomic mass is 10.1. The van der Waals surface area contributed by atoms with Gasteiger partial charge in [-0.25, -0.2) is 0 Å². The Hall–Kier alpha value is -0.570. The Labute approximate surface area is 80.9 Å². The molecule has 0 aromatic rings. The number of hydrogen-bond acceptors (Lipinski definition) is 2. The van der Waals surface area contributed by atoms with Gasteiger partial charge in [0.15, 0.2) is 0 Å². The van der Waals surface area contributed by atoms with E-state index in [-0.39, 0.29) is 5.91 Å². The van der Waals surface area contributed by atoms with Gasteiger partial charge in [-0.05, 0) is 6.42 Å². The van der Waals surface area contributed by atoms with Gasteiger partial charge in [0.05, 0.1) is 6.04 Å². The molecule has 0 aromatic carbocycles. The standard InChI is InChI=1S/C10H22N2O/c1-2-3-4-5-6-7-8-9(11)10(12)13/h9H,2-8,11H2,1H3,(H2,12,13). The fraction of sp³-hybridized carbons (Fsp3) is 0.900. The number of amides is 1. The van der Waals surface area contributed by atoms with Crippen molar-refractivity contribution in [2.45, 2.75) is 57.9 Å². The summed E-state index contributed by atoms with van der Waals surface area (Å²) in [7, 11) is 0. The zero-order valence-corrected chi connectivity index (χ0v) is 8.59. The van der Waals surface area contributed by atoms with E-state index in [1.165, 1.54) is 32.1 Å². The zero-order valence-electron chi connectivity index (χ0n) is 8.59. The van der Waals surface area contributed by atoms with Crippen molar-refractivity contribution in [3.05, 3.63) is 0 Å². The summed E-state index contributed by atoms with van der Waals surface area (Å²) in [6, 6.07) is -0.439. The molecular weight excluding hydrogens is 164 g/mol. The van der Waals surface area contributed by atoms with E-state index < -0.39 is 6.04 Å². The fourth-order valence-electron chi connectivity index (χ4n) is 1.29. The van der Waals surface area contributed by atoms with E-state index in [1.54, 1.807) is 0 Å². The summed E-state index contributed by atoms with van der Waals surface area (Å²) in [5.74, 6) is -0.381. The van der Waals surface area contributed by atoms with Crippen LogP contribution in [0.5, 0.6) is 0 Å². The van der Waals surface area contributed by atoms with Gasteiger partial charge in [0.1, 0.15) is 0 Å². The molecule has 1 atom stereocenters. The van der Waals surface area contributed by atoms with Crippen molar-refractivity contribution in [2.24, 2.45) is 11.5 Å². The van der Waals surface area contributed by atoms with Crippen molar-refractivity contribution in [1.29, 1.82) is 0 Å². The molecule has 0 aliphatic carbocycles. The molecule has 1 unspecified atom stereocenters. The van der Waals surface area contributed by atoms with E-state index in [0.29, 0.717) is 0 Å². The maximum absolute atomic E-state index is 10.6. The minimum Gasteiger partial charge on any atom is -0.368 e. The molecule has 0 bridgehead atoms. The average molecular weight is 186 g/mol. The molecule has 0 rings (SSSR count). The van der Waals surface area contributed by atoms with Crippen LogP contribution < -0.4 is 11.5 Å². The molecule has 0 radical (unpaired) electrons. The molecule has 13 heavy (non-hydrogen) atoms. The first-order valence-corrected chi connectivity index (χ1v) is 5.23. The molecule has 4 N–H and O–H groups in total. The van der Waals surface area contributed by atoms with Crippen molar-refractivity contribution in [3.8, 4) is 0 Å². The van der Waals surface area contributed by atoms with E-state index in [2.05, 4.69) is 6.92 Å². The van der Waals surface area contributed by atoms with Gasteiger partial charge >= 0.3 is 0 Å². The second-order valence-electron chi connectivity index (χ2n) is 3.57. The van der Waals surface area contributed by atoms with Crippen molar-refractivity contribution < 1.29 is 4.79 Å².